The molecule has 6 nitrogen and oxygen atoms in total. The monoisotopic (exact) mass is 383 g/mol. The van der Waals surface area contributed by atoms with Gasteiger partial charge in [0.25, 0.3) is 0 Å². The Morgan fingerprint density at radius 3 is 2.60 bits per heavy atom. The van der Waals surface area contributed by atoms with Crippen LogP contribution in [0.4, 0.5) is 5.69 Å². The van der Waals surface area contributed by atoms with Crippen LogP contribution in [0.2, 0.25) is 0 Å². The molecule has 0 aromatic heterocycles. The Balaban J connectivity index is 1.65. The third kappa shape index (κ3) is 4.91. The number of anilines is 1. The lowest BCUT2D eigenvalue weighted by molar-refractivity contribution is 0.0730. The number of thiocarbonyl (C=S) groups is 1. The predicted octanol–water partition coefficient (Wildman–Crippen LogP) is 2.33. The molecule has 1 saturated heterocycles. The lowest BCUT2D eigenvalue weighted by Crippen LogP contribution is -2.40. The number of ether oxygens (including phenoxy) is 1. The van der Waals surface area contributed by atoms with Crippen molar-refractivity contribution in [1.82, 2.24) is 9.62 Å². The van der Waals surface area contributed by atoms with E-state index in [0.29, 0.717) is 43.1 Å². The maximum Gasteiger partial charge on any atom is 0.243 e. The molecule has 0 bridgehead atoms. The molecule has 3 rings (SSSR count). The fraction of sp³-hybridized carbons (Fsp3) is 0.588. The van der Waals surface area contributed by atoms with Crippen molar-refractivity contribution >= 4 is 33.0 Å². The molecule has 0 unspecified atom stereocenters. The molecule has 138 valence electrons. The Morgan fingerprint density at radius 2 is 1.88 bits per heavy atom. The molecule has 1 aromatic rings. The molecular formula is C17H25N3O3S2. The smallest absolute Gasteiger partial charge is 0.243 e. The molecule has 2 aliphatic rings. The van der Waals surface area contributed by atoms with E-state index in [9.17, 15) is 8.42 Å². The quantitative estimate of drug-likeness (QED) is 0.778. The van der Waals surface area contributed by atoms with Gasteiger partial charge in [0.2, 0.25) is 10.0 Å². The first-order valence-electron chi connectivity index (χ1n) is 8.81. The number of nitrogens with one attached hydrogen (secondary N) is 2. The minimum atomic E-state index is -3.50. The van der Waals surface area contributed by atoms with E-state index in [4.69, 9.17) is 17.0 Å². The van der Waals surface area contributed by atoms with Gasteiger partial charge in [-0.3, -0.25) is 0 Å². The summed E-state index contributed by atoms with van der Waals surface area (Å²) in [6.45, 7) is 1.66. The molecule has 1 aliphatic carbocycles. The van der Waals surface area contributed by atoms with E-state index in [1.54, 1.807) is 18.2 Å². The zero-order valence-corrected chi connectivity index (χ0v) is 15.9. The van der Waals surface area contributed by atoms with Gasteiger partial charge >= 0.3 is 0 Å². The second kappa shape index (κ2) is 8.44. The summed E-state index contributed by atoms with van der Waals surface area (Å²) in [5.41, 5.74) is 0.683. The van der Waals surface area contributed by atoms with E-state index in [0.717, 1.165) is 12.8 Å². The number of sulfonamides is 1. The molecule has 25 heavy (non-hydrogen) atoms. The number of hydrogen-bond donors (Lipinski definition) is 2. The number of hydrogen-bond acceptors (Lipinski definition) is 4. The molecule has 0 radical (unpaired) electrons. The molecule has 2 fully saturated rings. The van der Waals surface area contributed by atoms with Crippen LogP contribution in [0.25, 0.3) is 0 Å². The highest BCUT2D eigenvalue weighted by molar-refractivity contribution is 7.89. The highest BCUT2D eigenvalue weighted by Gasteiger charge is 2.26. The van der Waals surface area contributed by atoms with Crippen molar-refractivity contribution in [3.05, 3.63) is 24.3 Å². The Labute approximate surface area is 155 Å². The van der Waals surface area contributed by atoms with E-state index < -0.39 is 10.0 Å². The molecule has 8 heteroatoms. The van der Waals surface area contributed by atoms with Crippen LogP contribution in [0.3, 0.4) is 0 Å². The van der Waals surface area contributed by atoms with Crippen molar-refractivity contribution in [2.45, 2.75) is 43.0 Å². The van der Waals surface area contributed by atoms with Crippen molar-refractivity contribution in [2.24, 2.45) is 0 Å². The van der Waals surface area contributed by atoms with E-state index in [2.05, 4.69) is 10.6 Å². The second-order valence-electron chi connectivity index (χ2n) is 6.48. The van der Waals surface area contributed by atoms with E-state index in [1.165, 1.54) is 23.6 Å². The highest BCUT2D eigenvalue weighted by atomic mass is 32.2. The first kappa shape index (κ1) is 18.6. The summed E-state index contributed by atoms with van der Waals surface area (Å²) in [5, 5.41) is 7.00. The Kier molecular flexibility index (Phi) is 6.27. The van der Waals surface area contributed by atoms with Gasteiger partial charge in [-0.1, -0.05) is 25.3 Å². The Bertz CT molecular complexity index is 697. The van der Waals surface area contributed by atoms with Crippen LogP contribution in [0, 0.1) is 0 Å². The van der Waals surface area contributed by atoms with Gasteiger partial charge in [0, 0.05) is 24.8 Å². The van der Waals surface area contributed by atoms with Gasteiger partial charge in [0.1, 0.15) is 0 Å². The molecule has 1 aromatic carbocycles. The third-order valence-electron chi connectivity index (χ3n) is 4.64. The molecule has 1 heterocycles. The fourth-order valence-electron chi connectivity index (χ4n) is 3.27. The topological polar surface area (TPSA) is 70.7 Å². The standard InChI is InChI=1S/C17H25N3O3S2/c21-25(22,20-9-11-23-12-10-20)16-8-4-7-15(13-16)19-17(24)18-14-5-2-1-3-6-14/h4,7-8,13-14H,1-3,5-6,9-12H2,(H2,18,19,24). The van der Waals surface area contributed by atoms with Gasteiger partial charge < -0.3 is 15.4 Å². The summed E-state index contributed by atoms with van der Waals surface area (Å²) in [7, 11) is -3.50. The Hall–Kier alpha value is -1.22. The van der Waals surface area contributed by atoms with Crippen LogP contribution in [0.15, 0.2) is 29.2 Å². The van der Waals surface area contributed by atoms with Crippen LogP contribution >= 0.6 is 12.2 Å². The summed E-state index contributed by atoms with van der Waals surface area (Å²) in [6, 6.07) is 7.23. The summed E-state index contributed by atoms with van der Waals surface area (Å²) < 4.78 is 32.2. The number of nitrogens with zero attached hydrogens (tertiary/aromatic N) is 1. The zero-order chi connectivity index (χ0) is 17.7. The molecule has 0 spiro atoms. The molecule has 0 amide bonds. The summed E-state index contributed by atoms with van der Waals surface area (Å²) in [4.78, 5) is 0.278. The van der Waals surface area contributed by atoms with Gasteiger partial charge in [-0.05, 0) is 43.3 Å². The van der Waals surface area contributed by atoms with Gasteiger partial charge in [-0.2, -0.15) is 4.31 Å². The van der Waals surface area contributed by atoms with Crippen molar-refractivity contribution in [2.75, 3.05) is 31.6 Å². The predicted molar refractivity (Wildman–Crippen MR) is 102 cm³/mol. The van der Waals surface area contributed by atoms with Crippen LogP contribution in [0.1, 0.15) is 32.1 Å². The molecule has 0 atom stereocenters. The van der Waals surface area contributed by atoms with Gasteiger partial charge in [-0.15, -0.1) is 0 Å². The van der Waals surface area contributed by atoms with E-state index >= 15 is 0 Å². The van der Waals surface area contributed by atoms with Crippen LogP contribution in [0.5, 0.6) is 0 Å². The third-order valence-corrected chi connectivity index (χ3v) is 6.75. The lowest BCUT2D eigenvalue weighted by Gasteiger charge is -2.26. The molecule has 2 N–H and O–H groups in total. The summed E-state index contributed by atoms with van der Waals surface area (Å²) in [6.07, 6.45) is 6.02. The summed E-state index contributed by atoms with van der Waals surface area (Å²) >= 11 is 5.38. The first-order chi connectivity index (χ1) is 12.1. The average Bonchev–Trinajstić information content (AvgIpc) is 2.63. The van der Waals surface area contributed by atoms with Crippen LogP contribution in [-0.4, -0.2) is 50.2 Å². The van der Waals surface area contributed by atoms with Crippen molar-refractivity contribution in [1.29, 1.82) is 0 Å². The molecule has 1 saturated carbocycles. The zero-order valence-electron chi connectivity index (χ0n) is 14.2. The summed E-state index contributed by atoms with van der Waals surface area (Å²) in [5.74, 6) is 0. The van der Waals surface area contributed by atoms with Gasteiger partial charge in [-0.25, -0.2) is 8.42 Å². The van der Waals surface area contributed by atoms with Gasteiger partial charge in [0.15, 0.2) is 5.11 Å². The molecular weight excluding hydrogens is 358 g/mol. The van der Waals surface area contributed by atoms with E-state index in [1.807, 2.05) is 6.07 Å². The minimum absolute atomic E-state index is 0.278. The highest BCUT2D eigenvalue weighted by Crippen LogP contribution is 2.21. The maximum atomic E-state index is 12.7. The number of benzene rings is 1. The average molecular weight is 384 g/mol. The molecule has 1 aliphatic heterocycles. The van der Waals surface area contributed by atoms with Crippen molar-refractivity contribution in [3.63, 3.8) is 0 Å². The lowest BCUT2D eigenvalue weighted by atomic mass is 9.96. The number of rotatable bonds is 4. The maximum absolute atomic E-state index is 12.7. The first-order valence-corrected chi connectivity index (χ1v) is 10.7. The SMILES string of the molecule is O=S(=O)(c1cccc(NC(=S)NC2CCCCC2)c1)N1CCOCC1. The van der Waals surface area contributed by atoms with Crippen LogP contribution < -0.4 is 10.6 Å². The van der Waals surface area contributed by atoms with Crippen molar-refractivity contribution < 1.29 is 13.2 Å². The number of morpholine rings is 1. The normalized spacial score (nSPS) is 20.2. The largest absolute Gasteiger partial charge is 0.379 e. The van der Waals surface area contributed by atoms with Crippen LogP contribution in [-0.2, 0) is 14.8 Å². The minimum Gasteiger partial charge on any atom is -0.379 e. The fourth-order valence-corrected chi connectivity index (χ4v) is 5.01. The van der Waals surface area contributed by atoms with Gasteiger partial charge in [0.05, 0.1) is 18.1 Å². The van der Waals surface area contributed by atoms with Crippen molar-refractivity contribution in [3.8, 4) is 0 Å². The Morgan fingerprint density at radius 1 is 1.16 bits per heavy atom. The van der Waals surface area contributed by atoms with E-state index in [-0.39, 0.29) is 4.90 Å². The second-order valence-corrected chi connectivity index (χ2v) is 8.82.